The van der Waals surface area contributed by atoms with Crippen LogP contribution in [0.4, 0.5) is 4.39 Å². The van der Waals surface area contributed by atoms with Crippen LogP contribution in [-0.4, -0.2) is 42.7 Å². The molecule has 2 aromatic carbocycles. The van der Waals surface area contributed by atoms with Gasteiger partial charge < -0.3 is 14.7 Å². The zero-order valence-electron chi connectivity index (χ0n) is 13.4. The number of rotatable bonds is 5. The molecule has 5 heteroatoms. The Morgan fingerprint density at radius 1 is 1.22 bits per heavy atom. The van der Waals surface area contributed by atoms with Crippen LogP contribution in [0.25, 0.3) is 11.1 Å². The van der Waals surface area contributed by atoms with Crippen molar-refractivity contribution in [1.82, 2.24) is 4.90 Å². The summed E-state index contributed by atoms with van der Waals surface area (Å²) in [6.45, 7) is 1.52. The van der Waals surface area contributed by atoms with E-state index in [0.29, 0.717) is 5.56 Å². The first-order valence-electron chi connectivity index (χ1n) is 7.30. The van der Waals surface area contributed by atoms with Crippen molar-refractivity contribution < 1.29 is 19.0 Å². The third-order valence-electron chi connectivity index (χ3n) is 3.87. The van der Waals surface area contributed by atoms with Crippen molar-refractivity contribution in [3.63, 3.8) is 0 Å². The van der Waals surface area contributed by atoms with E-state index in [-0.39, 0.29) is 18.2 Å². The van der Waals surface area contributed by atoms with Crippen LogP contribution in [0, 0.1) is 5.82 Å². The Hall–Kier alpha value is -2.40. The van der Waals surface area contributed by atoms with Crippen molar-refractivity contribution in [2.45, 2.75) is 13.0 Å². The molecule has 23 heavy (non-hydrogen) atoms. The van der Waals surface area contributed by atoms with Crippen molar-refractivity contribution in [3.05, 3.63) is 53.8 Å². The Bertz CT molecular complexity index is 685. The number of aliphatic hydroxyl groups is 1. The van der Waals surface area contributed by atoms with Crippen LogP contribution in [0.15, 0.2) is 42.5 Å². The minimum atomic E-state index is -0.583. The van der Waals surface area contributed by atoms with Gasteiger partial charge in [0.15, 0.2) is 0 Å². The highest BCUT2D eigenvalue weighted by Crippen LogP contribution is 2.25. The Kier molecular flexibility index (Phi) is 5.34. The first-order valence-corrected chi connectivity index (χ1v) is 7.30. The molecule has 122 valence electrons. The minimum Gasteiger partial charge on any atom is -0.497 e. The number of benzene rings is 2. The lowest BCUT2D eigenvalue weighted by Crippen LogP contribution is -2.37. The fourth-order valence-corrected chi connectivity index (χ4v) is 2.16. The Morgan fingerprint density at radius 2 is 1.83 bits per heavy atom. The summed E-state index contributed by atoms with van der Waals surface area (Å²) in [5, 5.41) is 9.11. The van der Waals surface area contributed by atoms with Crippen LogP contribution < -0.4 is 4.74 Å². The quantitative estimate of drug-likeness (QED) is 0.922. The van der Waals surface area contributed by atoms with E-state index in [4.69, 9.17) is 9.84 Å². The summed E-state index contributed by atoms with van der Waals surface area (Å²) in [7, 11) is 3.12. The molecule has 2 rings (SSSR count). The van der Waals surface area contributed by atoms with Crippen molar-refractivity contribution >= 4 is 5.91 Å². The Morgan fingerprint density at radius 3 is 2.35 bits per heavy atom. The molecule has 1 unspecified atom stereocenters. The monoisotopic (exact) mass is 317 g/mol. The average Bonchev–Trinajstić information content (AvgIpc) is 2.59. The number of nitrogens with zero attached hydrogens (tertiary/aromatic N) is 1. The van der Waals surface area contributed by atoms with Gasteiger partial charge in [-0.05, 0) is 42.3 Å². The van der Waals surface area contributed by atoms with E-state index >= 15 is 0 Å². The van der Waals surface area contributed by atoms with Gasteiger partial charge in [0, 0.05) is 7.05 Å². The maximum atomic E-state index is 14.3. The number of amides is 1. The van der Waals surface area contributed by atoms with Gasteiger partial charge in [0.25, 0.3) is 5.91 Å². The van der Waals surface area contributed by atoms with Crippen molar-refractivity contribution in [3.8, 4) is 16.9 Å². The minimum absolute atomic E-state index is 0.00920. The largest absolute Gasteiger partial charge is 0.497 e. The number of carbonyl (C=O) groups is 1. The number of ether oxygens (including phenoxy) is 1. The van der Waals surface area contributed by atoms with Crippen LogP contribution >= 0.6 is 0 Å². The summed E-state index contributed by atoms with van der Waals surface area (Å²) >= 11 is 0. The lowest BCUT2D eigenvalue weighted by atomic mass is 10.0. The van der Waals surface area contributed by atoms with E-state index in [1.54, 1.807) is 39.3 Å². The summed E-state index contributed by atoms with van der Waals surface area (Å²) < 4.78 is 19.4. The van der Waals surface area contributed by atoms with E-state index in [1.807, 2.05) is 12.1 Å². The van der Waals surface area contributed by atoms with Crippen LogP contribution in [0.5, 0.6) is 5.75 Å². The number of methoxy groups -OCH3 is 1. The van der Waals surface area contributed by atoms with Crippen LogP contribution in [0.2, 0.25) is 0 Å². The molecule has 1 amide bonds. The second-order valence-electron chi connectivity index (χ2n) is 5.37. The predicted molar refractivity (Wildman–Crippen MR) is 87.0 cm³/mol. The molecule has 0 spiro atoms. The van der Waals surface area contributed by atoms with Crippen molar-refractivity contribution in [1.29, 1.82) is 0 Å². The smallest absolute Gasteiger partial charge is 0.256 e. The fraction of sp³-hybridized carbons (Fsp3) is 0.278. The van der Waals surface area contributed by atoms with Gasteiger partial charge in [-0.25, -0.2) is 4.39 Å². The second-order valence-corrected chi connectivity index (χ2v) is 5.37. The standard InChI is InChI=1S/C18H20FNO3/c1-12(11-21)20(2)18(22)16-9-6-14(10-17(16)19)13-4-7-15(23-3)8-5-13/h4-10,12,21H,11H2,1-3H3. The van der Waals surface area contributed by atoms with Crippen LogP contribution in [0.3, 0.4) is 0 Å². The topological polar surface area (TPSA) is 49.8 Å². The van der Waals surface area contributed by atoms with Gasteiger partial charge in [0.2, 0.25) is 0 Å². The van der Waals surface area contributed by atoms with Gasteiger partial charge in [-0.2, -0.15) is 0 Å². The summed E-state index contributed by atoms with van der Waals surface area (Å²) in [6, 6.07) is 11.4. The molecule has 0 saturated heterocycles. The van der Waals surface area contributed by atoms with Gasteiger partial charge in [-0.3, -0.25) is 4.79 Å². The number of carbonyl (C=O) groups excluding carboxylic acids is 1. The molecule has 0 fully saturated rings. The fourth-order valence-electron chi connectivity index (χ4n) is 2.16. The molecule has 0 saturated carbocycles. The van der Waals surface area contributed by atoms with E-state index in [0.717, 1.165) is 11.3 Å². The van der Waals surface area contributed by atoms with E-state index in [2.05, 4.69) is 0 Å². The Labute approximate surface area is 135 Å². The van der Waals surface area contributed by atoms with E-state index < -0.39 is 11.7 Å². The Balaban J connectivity index is 2.28. The average molecular weight is 317 g/mol. The first-order chi connectivity index (χ1) is 11.0. The summed E-state index contributed by atoms with van der Waals surface area (Å²) in [6.07, 6.45) is 0. The molecule has 0 aliphatic rings. The predicted octanol–water partition coefficient (Wildman–Crippen LogP) is 2.95. The molecular formula is C18H20FNO3. The van der Waals surface area contributed by atoms with Gasteiger partial charge in [-0.15, -0.1) is 0 Å². The highest BCUT2D eigenvalue weighted by Gasteiger charge is 2.20. The summed E-state index contributed by atoms with van der Waals surface area (Å²) in [5.41, 5.74) is 1.51. The SMILES string of the molecule is COc1ccc(-c2ccc(C(=O)N(C)C(C)CO)c(F)c2)cc1. The van der Waals surface area contributed by atoms with E-state index in [9.17, 15) is 9.18 Å². The zero-order valence-corrected chi connectivity index (χ0v) is 13.4. The summed E-state index contributed by atoms with van der Waals surface area (Å²) in [4.78, 5) is 13.6. The van der Waals surface area contributed by atoms with Crippen molar-refractivity contribution in [2.75, 3.05) is 20.8 Å². The molecule has 2 aromatic rings. The molecule has 4 nitrogen and oxygen atoms in total. The summed E-state index contributed by atoms with van der Waals surface area (Å²) in [5.74, 6) is -0.314. The van der Waals surface area contributed by atoms with Gasteiger partial charge in [0.1, 0.15) is 11.6 Å². The first kappa shape index (κ1) is 17.0. The van der Waals surface area contributed by atoms with Gasteiger partial charge in [-0.1, -0.05) is 18.2 Å². The number of hydrogen-bond donors (Lipinski definition) is 1. The van der Waals surface area contributed by atoms with Gasteiger partial charge in [0.05, 0.1) is 25.3 Å². The van der Waals surface area contributed by atoms with Crippen molar-refractivity contribution in [2.24, 2.45) is 0 Å². The number of likely N-dealkylation sites (N-methyl/N-ethyl adjacent to an activating group) is 1. The molecule has 0 aliphatic heterocycles. The third-order valence-corrected chi connectivity index (χ3v) is 3.87. The molecule has 0 heterocycles. The molecule has 0 radical (unpaired) electrons. The normalized spacial score (nSPS) is 11.9. The number of aliphatic hydroxyl groups excluding tert-OH is 1. The highest BCUT2D eigenvalue weighted by molar-refractivity contribution is 5.95. The van der Waals surface area contributed by atoms with Gasteiger partial charge >= 0.3 is 0 Å². The molecular weight excluding hydrogens is 297 g/mol. The molecule has 1 atom stereocenters. The van der Waals surface area contributed by atoms with E-state index in [1.165, 1.54) is 17.0 Å². The highest BCUT2D eigenvalue weighted by atomic mass is 19.1. The zero-order chi connectivity index (χ0) is 17.0. The number of hydrogen-bond acceptors (Lipinski definition) is 3. The second kappa shape index (κ2) is 7.24. The number of halogens is 1. The van der Waals surface area contributed by atoms with Crippen LogP contribution in [-0.2, 0) is 0 Å². The lowest BCUT2D eigenvalue weighted by Gasteiger charge is -2.23. The lowest BCUT2D eigenvalue weighted by molar-refractivity contribution is 0.0677. The van der Waals surface area contributed by atoms with Crippen LogP contribution in [0.1, 0.15) is 17.3 Å². The maximum absolute atomic E-state index is 14.3. The molecule has 0 aliphatic carbocycles. The molecule has 0 bridgehead atoms. The molecule has 0 aromatic heterocycles. The third kappa shape index (κ3) is 3.68. The maximum Gasteiger partial charge on any atom is 0.256 e. The molecule has 1 N–H and O–H groups in total.